The minimum Gasteiger partial charge on any atom is -0.457 e. The summed E-state index contributed by atoms with van der Waals surface area (Å²) in [7, 11) is 0. The van der Waals surface area contributed by atoms with Crippen LogP contribution < -0.4 is 4.74 Å². The minimum absolute atomic E-state index is 0.849. The molecule has 1 aromatic heterocycles. The van der Waals surface area contributed by atoms with E-state index in [4.69, 9.17) is 4.74 Å². The first-order valence-corrected chi connectivity index (χ1v) is 6.72. The fourth-order valence-corrected chi connectivity index (χ4v) is 2.36. The summed E-state index contributed by atoms with van der Waals surface area (Å²) in [6.45, 7) is 4.22. The second-order valence-corrected chi connectivity index (χ2v) is 4.86. The van der Waals surface area contributed by atoms with Gasteiger partial charge in [-0.25, -0.2) is 0 Å². The number of hydrogen-bond acceptors (Lipinski definition) is 1. The highest BCUT2D eigenvalue weighted by molar-refractivity contribution is 5.42. The van der Waals surface area contributed by atoms with Gasteiger partial charge in [0.05, 0.1) is 0 Å². The largest absolute Gasteiger partial charge is 0.457 e. The van der Waals surface area contributed by atoms with Gasteiger partial charge < -0.3 is 9.30 Å². The van der Waals surface area contributed by atoms with Crippen LogP contribution >= 0.6 is 0 Å². The summed E-state index contributed by atoms with van der Waals surface area (Å²) in [6.07, 6.45) is 0. The van der Waals surface area contributed by atoms with Crippen LogP contribution in [0.2, 0.25) is 0 Å². The van der Waals surface area contributed by atoms with Gasteiger partial charge in [-0.1, -0.05) is 18.2 Å². The van der Waals surface area contributed by atoms with Crippen molar-refractivity contribution < 1.29 is 4.74 Å². The van der Waals surface area contributed by atoms with E-state index >= 15 is 0 Å². The number of aromatic nitrogens is 1. The molecule has 0 aliphatic rings. The molecule has 2 aromatic carbocycles. The Balaban J connectivity index is 1.85. The van der Waals surface area contributed by atoms with Crippen LogP contribution in [0.25, 0.3) is 5.69 Å². The zero-order valence-electron chi connectivity index (χ0n) is 11.7. The van der Waals surface area contributed by atoms with E-state index < -0.39 is 0 Å². The summed E-state index contributed by atoms with van der Waals surface area (Å²) in [4.78, 5) is 0. The molecule has 0 bridgehead atoms. The standard InChI is InChI=1S/C18H17NO/c1-14-8-9-15(2)19(14)16-10-12-18(13-11-16)20-17-6-4-3-5-7-17/h3-13H,1-2H3. The smallest absolute Gasteiger partial charge is 0.127 e. The van der Waals surface area contributed by atoms with Gasteiger partial charge in [-0.3, -0.25) is 0 Å². The molecular weight excluding hydrogens is 246 g/mol. The Kier molecular flexibility index (Phi) is 3.30. The summed E-state index contributed by atoms with van der Waals surface area (Å²) in [5, 5.41) is 0. The highest BCUT2D eigenvalue weighted by atomic mass is 16.5. The molecule has 3 aromatic rings. The first-order valence-electron chi connectivity index (χ1n) is 6.72. The quantitative estimate of drug-likeness (QED) is 0.656. The molecule has 0 atom stereocenters. The number of rotatable bonds is 3. The Morgan fingerprint density at radius 1 is 0.650 bits per heavy atom. The van der Waals surface area contributed by atoms with E-state index in [0.29, 0.717) is 0 Å². The molecule has 0 saturated carbocycles. The number of nitrogens with zero attached hydrogens (tertiary/aromatic N) is 1. The van der Waals surface area contributed by atoms with Gasteiger partial charge in [0.25, 0.3) is 0 Å². The van der Waals surface area contributed by atoms with Gasteiger partial charge in [-0.2, -0.15) is 0 Å². The van der Waals surface area contributed by atoms with Crippen LogP contribution in [0.3, 0.4) is 0 Å². The SMILES string of the molecule is Cc1ccc(C)n1-c1ccc(Oc2ccccc2)cc1. The average molecular weight is 263 g/mol. The van der Waals surface area contributed by atoms with Crippen molar-refractivity contribution in [1.29, 1.82) is 0 Å². The lowest BCUT2D eigenvalue weighted by Gasteiger charge is -2.11. The lowest BCUT2D eigenvalue weighted by molar-refractivity contribution is 0.482. The maximum Gasteiger partial charge on any atom is 0.127 e. The third-order valence-electron chi connectivity index (χ3n) is 3.34. The summed E-state index contributed by atoms with van der Waals surface area (Å²) in [6, 6.07) is 22.2. The molecule has 0 N–H and O–H groups in total. The molecule has 2 heteroatoms. The van der Waals surface area contributed by atoms with Gasteiger partial charge in [0, 0.05) is 17.1 Å². The van der Waals surface area contributed by atoms with Crippen LogP contribution in [-0.2, 0) is 0 Å². The van der Waals surface area contributed by atoms with E-state index in [1.54, 1.807) is 0 Å². The van der Waals surface area contributed by atoms with Gasteiger partial charge in [0.2, 0.25) is 0 Å². The topological polar surface area (TPSA) is 14.2 Å². The predicted octanol–water partition coefficient (Wildman–Crippen LogP) is 4.89. The zero-order valence-corrected chi connectivity index (χ0v) is 11.7. The molecule has 100 valence electrons. The lowest BCUT2D eigenvalue weighted by Crippen LogP contribution is -1.98. The van der Waals surface area contributed by atoms with Crippen molar-refractivity contribution >= 4 is 0 Å². The predicted molar refractivity (Wildman–Crippen MR) is 81.8 cm³/mol. The Morgan fingerprint density at radius 3 is 1.80 bits per heavy atom. The van der Waals surface area contributed by atoms with Crippen molar-refractivity contribution in [3.8, 4) is 17.2 Å². The summed E-state index contributed by atoms with van der Waals surface area (Å²) in [5.74, 6) is 1.70. The summed E-state index contributed by atoms with van der Waals surface area (Å²) in [5.41, 5.74) is 3.63. The number of benzene rings is 2. The number of para-hydroxylation sites is 1. The summed E-state index contributed by atoms with van der Waals surface area (Å²) >= 11 is 0. The molecule has 0 radical (unpaired) electrons. The second-order valence-electron chi connectivity index (χ2n) is 4.86. The molecule has 0 aliphatic heterocycles. The maximum atomic E-state index is 5.80. The second kappa shape index (κ2) is 5.25. The molecule has 0 saturated heterocycles. The number of ether oxygens (including phenoxy) is 1. The number of hydrogen-bond donors (Lipinski definition) is 0. The average Bonchev–Trinajstić information content (AvgIpc) is 2.81. The van der Waals surface area contributed by atoms with Gasteiger partial charge in [0.1, 0.15) is 11.5 Å². The third kappa shape index (κ3) is 2.45. The zero-order chi connectivity index (χ0) is 13.9. The van der Waals surface area contributed by atoms with Crippen molar-refractivity contribution in [2.24, 2.45) is 0 Å². The lowest BCUT2D eigenvalue weighted by atomic mass is 10.3. The molecule has 0 unspecified atom stereocenters. The molecule has 0 spiro atoms. The van der Waals surface area contributed by atoms with Crippen molar-refractivity contribution in [2.45, 2.75) is 13.8 Å². The first-order chi connectivity index (χ1) is 9.74. The van der Waals surface area contributed by atoms with Crippen molar-refractivity contribution in [3.63, 3.8) is 0 Å². The maximum absolute atomic E-state index is 5.80. The Morgan fingerprint density at radius 2 is 1.20 bits per heavy atom. The molecule has 0 fully saturated rings. The van der Waals surface area contributed by atoms with Crippen LogP contribution in [-0.4, -0.2) is 4.57 Å². The van der Waals surface area contributed by atoms with Gasteiger partial charge in [0.15, 0.2) is 0 Å². The number of aryl methyl sites for hydroxylation is 2. The molecular formula is C18H17NO. The molecule has 1 heterocycles. The molecule has 3 rings (SSSR count). The van der Waals surface area contributed by atoms with E-state index in [2.05, 4.69) is 42.7 Å². The van der Waals surface area contributed by atoms with Gasteiger partial charge in [-0.15, -0.1) is 0 Å². The normalized spacial score (nSPS) is 10.5. The van der Waals surface area contributed by atoms with E-state index in [1.807, 2.05) is 42.5 Å². The summed E-state index contributed by atoms with van der Waals surface area (Å²) < 4.78 is 8.03. The van der Waals surface area contributed by atoms with Crippen molar-refractivity contribution in [1.82, 2.24) is 4.57 Å². The van der Waals surface area contributed by atoms with Crippen LogP contribution in [0.15, 0.2) is 66.7 Å². The fourth-order valence-electron chi connectivity index (χ4n) is 2.36. The first kappa shape index (κ1) is 12.5. The van der Waals surface area contributed by atoms with E-state index in [0.717, 1.165) is 17.2 Å². The molecule has 2 nitrogen and oxygen atoms in total. The van der Waals surface area contributed by atoms with Gasteiger partial charge >= 0.3 is 0 Å². The fraction of sp³-hybridized carbons (Fsp3) is 0.111. The van der Waals surface area contributed by atoms with E-state index in [-0.39, 0.29) is 0 Å². The molecule has 0 amide bonds. The van der Waals surface area contributed by atoms with E-state index in [9.17, 15) is 0 Å². The monoisotopic (exact) mass is 263 g/mol. The Hall–Kier alpha value is -2.48. The van der Waals surface area contributed by atoms with Crippen LogP contribution in [0.1, 0.15) is 11.4 Å². The Bertz CT molecular complexity index is 677. The molecule has 0 aliphatic carbocycles. The van der Waals surface area contributed by atoms with Crippen LogP contribution in [0.5, 0.6) is 11.5 Å². The minimum atomic E-state index is 0.849. The highest BCUT2D eigenvalue weighted by Gasteiger charge is 2.04. The van der Waals surface area contributed by atoms with Crippen LogP contribution in [0.4, 0.5) is 0 Å². The Labute approximate surface area is 119 Å². The van der Waals surface area contributed by atoms with Crippen LogP contribution in [0, 0.1) is 13.8 Å². The third-order valence-corrected chi connectivity index (χ3v) is 3.34. The van der Waals surface area contributed by atoms with Gasteiger partial charge in [-0.05, 0) is 62.4 Å². The van der Waals surface area contributed by atoms with E-state index in [1.165, 1.54) is 11.4 Å². The van der Waals surface area contributed by atoms with Crippen molar-refractivity contribution in [3.05, 3.63) is 78.1 Å². The highest BCUT2D eigenvalue weighted by Crippen LogP contribution is 2.23. The van der Waals surface area contributed by atoms with Crippen molar-refractivity contribution in [2.75, 3.05) is 0 Å². The molecule has 20 heavy (non-hydrogen) atoms.